The minimum absolute atomic E-state index is 0.0188. The molecule has 0 saturated carbocycles. The van der Waals surface area contributed by atoms with Gasteiger partial charge < -0.3 is 5.11 Å². The molecule has 0 radical (unpaired) electrons. The molecule has 2 atom stereocenters. The summed E-state index contributed by atoms with van der Waals surface area (Å²) in [7, 11) is -3.52. The highest BCUT2D eigenvalue weighted by Crippen LogP contribution is 2.32. The Morgan fingerprint density at radius 2 is 1.91 bits per heavy atom. The van der Waals surface area contributed by atoms with Crippen LogP contribution >= 0.6 is 0 Å². The van der Waals surface area contributed by atoms with Crippen LogP contribution in [0.15, 0.2) is 29.2 Å². The number of benzene rings is 1. The van der Waals surface area contributed by atoms with Gasteiger partial charge in [0.1, 0.15) is 0 Å². The minimum Gasteiger partial charge on any atom is -0.393 e. The topological polar surface area (TPSA) is 57.6 Å². The summed E-state index contributed by atoms with van der Waals surface area (Å²) in [6.45, 7) is 8.74. The van der Waals surface area contributed by atoms with Crippen molar-refractivity contribution >= 4 is 10.0 Å². The lowest BCUT2D eigenvalue weighted by molar-refractivity contribution is 0.0885. The molecule has 22 heavy (non-hydrogen) atoms. The first kappa shape index (κ1) is 17.4. The molecular formula is C17H27NO3S. The lowest BCUT2D eigenvalue weighted by Gasteiger charge is -2.34. The number of aliphatic hydroxyl groups excluding tert-OH is 1. The summed E-state index contributed by atoms with van der Waals surface area (Å²) in [6.07, 6.45) is 1.20. The van der Waals surface area contributed by atoms with Gasteiger partial charge in [-0.15, -0.1) is 0 Å². The molecule has 1 aliphatic rings. The molecular weight excluding hydrogens is 298 g/mol. The number of hydrogen-bond acceptors (Lipinski definition) is 3. The second kappa shape index (κ2) is 6.30. The Balaban J connectivity index is 2.39. The van der Waals surface area contributed by atoms with Crippen LogP contribution in [0.2, 0.25) is 0 Å². The zero-order valence-corrected chi connectivity index (χ0v) is 14.7. The van der Waals surface area contributed by atoms with Crippen molar-refractivity contribution in [1.82, 2.24) is 4.31 Å². The van der Waals surface area contributed by atoms with Gasteiger partial charge in [-0.25, -0.2) is 8.42 Å². The number of hydrogen-bond donors (Lipinski definition) is 1. The summed E-state index contributed by atoms with van der Waals surface area (Å²) >= 11 is 0. The van der Waals surface area contributed by atoms with Crippen molar-refractivity contribution < 1.29 is 13.5 Å². The molecule has 0 aromatic heterocycles. The molecule has 1 saturated heterocycles. The fourth-order valence-corrected chi connectivity index (χ4v) is 4.97. The van der Waals surface area contributed by atoms with Gasteiger partial charge in [-0.1, -0.05) is 39.0 Å². The van der Waals surface area contributed by atoms with Gasteiger partial charge in [0.2, 0.25) is 10.0 Å². The molecule has 1 aromatic carbocycles. The maximum absolute atomic E-state index is 13.1. The van der Waals surface area contributed by atoms with E-state index in [0.29, 0.717) is 18.0 Å². The summed E-state index contributed by atoms with van der Waals surface area (Å²) in [4.78, 5) is 0.397. The van der Waals surface area contributed by atoms with Crippen LogP contribution in [0.1, 0.15) is 46.1 Å². The normalized spacial score (nSPS) is 22.5. The average Bonchev–Trinajstić information content (AvgIpc) is 2.46. The maximum Gasteiger partial charge on any atom is 0.243 e. The molecule has 0 amide bonds. The van der Waals surface area contributed by atoms with Crippen LogP contribution in [0.25, 0.3) is 0 Å². The van der Waals surface area contributed by atoms with Crippen molar-refractivity contribution in [1.29, 1.82) is 0 Å². The molecule has 4 nitrogen and oxygen atoms in total. The third-order valence-corrected chi connectivity index (χ3v) is 6.34. The Morgan fingerprint density at radius 1 is 1.27 bits per heavy atom. The molecule has 0 aliphatic carbocycles. The van der Waals surface area contributed by atoms with Gasteiger partial charge in [0.15, 0.2) is 0 Å². The maximum atomic E-state index is 13.1. The van der Waals surface area contributed by atoms with E-state index in [0.717, 1.165) is 18.4 Å². The predicted octanol–water partition coefficient (Wildman–Crippen LogP) is 2.77. The Labute approximate surface area is 134 Å². The van der Waals surface area contributed by atoms with Crippen molar-refractivity contribution in [2.24, 2.45) is 5.92 Å². The van der Waals surface area contributed by atoms with Crippen LogP contribution in [0.3, 0.4) is 0 Å². The minimum atomic E-state index is -3.52. The van der Waals surface area contributed by atoms with Gasteiger partial charge in [0.25, 0.3) is 0 Å². The van der Waals surface area contributed by atoms with E-state index in [4.69, 9.17) is 0 Å². The molecule has 1 fully saturated rings. The average molecular weight is 325 g/mol. The number of piperidine rings is 1. The smallest absolute Gasteiger partial charge is 0.243 e. The monoisotopic (exact) mass is 325 g/mol. The van der Waals surface area contributed by atoms with E-state index >= 15 is 0 Å². The van der Waals surface area contributed by atoms with Crippen molar-refractivity contribution in [3.8, 4) is 0 Å². The molecule has 124 valence electrons. The second-order valence-corrected chi connectivity index (χ2v) is 9.16. The number of rotatable bonds is 3. The molecule has 1 aromatic rings. The van der Waals surface area contributed by atoms with E-state index in [-0.39, 0.29) is 11.3 Å². The van der Waals surface area contributed by atoms with E-state index in [1.807, 2.05) is 32.9 Å². The second-order valence-electron chi connectivity index (χ2n) is 7.25. The number of nitrogens with zero attached hydrogens (tertiary/aromatic N) is 1. The quantitative estimate of drug-likeness (QED) is 0.929. The summed E-state index contributed by atoms with van der Waals surface area (Å²) in [5.74, 6) is 0.0188. The largest absolute Gasteiger partial charge is 0.393 e. The highest BCUT2D eigenvalue weighted by atomic mass is 32.2. The Hall–Kier alpha value is -0.910. The SMILES string of the molecule is CC(O)C1CCCN(S(=O)(=O)c2ccccc2C(C)(C)C)C1. The fraction of sp³-hybridized carbons (Fsp3) is 0.647. The molecule has 2 unspecified atom stereocenters. The van der Waals surface area contributed by atoms with Gasteiger partial charge >= 0.3 is 0 Å². The van der Waals surface area contributed by atoms with Crippen molar-refractivity contribution in [2.75, 3.05) is 13.1 Å². The van der Waals surface area contributed by atoms with E-state index in [2.05, 4.69) is 0 Å². The summed E-state index contributed by atoms with van der Waals surface area (Å²) in [5.41, 5.74) is 0.609. The molecule has 1 aliphatic heterocycles. The molecule has 1 N–H and O–H groups in total. The molecule has 0 spiro atoms. The van der Waals surface area contributed by atoms with Crippen LogP contribution < -0.4 is 0 Å². The Bertz CT molecular complexity index is 617. The summed E-state index contributed by atoms with van der Waals surface area (Å²) < 4.78 is 27.7. The van der Waals surface area contributed by atoms with Crippen molar-refractivity contribution in [2.45, 2.75) is 57.0 Å². The first-order chi connectivity index (χ1) is 10.1. The van der Waals surface area contributed by atoms with Gasteiger partial charge in [-0.2, -0.15) is 4.31 Å². The van der Waals surface area contributed by atoms with Crippen LogP contribution in [0.5, 0.6) is 0 Å². The number of sulfonamides is 1. The van der Waals surface area contributed by atoms with E-state index in [1.54, 1.807) is 23.4 Å². The van der Waals surface area contributed by atoms with Crippen LogP contribution in [0.4, 0.5) is 0 Å². The van der Waals surface area contributed by atoms with E-state index < -0.39 is 16.1 Å². The van der Waals surface area contributed by atoms with Crippen LogP contribution in [0, 0.1) is 5.92 Å². The Kier molecular flexibility index (Phi) is 5.00. The van der Waals surface area contributed by atoms with Crippen LogP contribution in [-0.4, -0.2) is 37.0 Å². The highest BCUT2D eigenvalue weighted by molar-refractivity contribution is 7.89. The molecule has 2 rings (SSSR count). The molecule has 0 bridgehead atoms. The first-order valence-electron chi connectivity index (χ1n) is 7.92. The van der Waals surface area contributed by atoms with Gasteiger partial charge in [-0.05, 0) is 42.7 Å². The van der Waals surface area contributed by atoms with Crippen molar-refractivity contribution in [3.05, 3.63) is 29.8 Å². The van der Waals surface area contributed by atoms with Crippen LogP contribution in [-0.2, 0) is 15.4 Å². The summed E-state index contributed by atoms with van der Waals surface area (Å²) in [5, 5.41) is 9.79. The van der Waals surface area contributed by atoms with E-state index in [9.17, 15) is 13.5 Å². The third kappa shape index (κ3) is 3.53. The standard InChI is InChI=1S/C17H27NO3S/c1-13(19)14-8-7-11-18(12-14)22(20,21)16-10-6-5-9-15(16)17(2,3)4/h5-6,9-10,13-14,19H,7-8,11-12H2,1-4H3. The molecule has 5 heteroatoms. The van der Waals surface area contributed by atoms with Gasteiger partial charge in [0, 0.05) is 13.1 Å². The zero-order chi connectivity index (χ0) is 16.5. The Morgan fingerprint density at radius 3 is 2.50 bits per heavy atom. The third-order valence-electron chi connectivity index (χ3n) is 4.42. The molecule has 1 heterocycles. The van der Waals surface area contributed by atoms with Gasteiger partial charge in [0.05, 0.1) is 11.0 Å². The first-order valence-corrected chi connectivity index (χ1v) is 9.36. The zero-order valence-electron chi connectivity index (χ0n) is 13.9. The van der Waals surface area contributed by atoms with E-state index in [1.165, 1.54) is 0 Å². The number of aliphatic hydroxyl groups is 1. The van der Waals surface area contributed by atoms with Crippen molar-refractivity contribution in [3.63, 3.8) is 0 Å². The lowest BCUT2D eigenvalue weighted by Crippen LogP contribution is -2.43. The predicted molar refractivity (Wildman–Crippen MR) is 88.3 cm³/mol. The summed E-state index contributed by atoms with van der Waals surface area (Å²) in [6, 6.07) is 7.25. The lowest BCUT2D eigenvalue weighted by atomic mass is 9.87. The highest BCUT2D eigenvalue weighted by Gasteiger charge is 2.34. The fourth-order valence-electron chi connectivity index (χ4n) is 3.04. The van der Waals surface area contributed by atoms with Gasteiger partial charge in [-0.3, -0.25) is 0 Å².